The first-order valence-electron chi connectivity index (χ1n) is 5.70. The lowest BCUT2D eigenvalue weighted by Crippen LogP contribution is -2.14. The quantitative estimate of drug-likeness (QED) is 0.814. The van der Waals surface area contributed by atoms with Gasteiger partial charge in [-0.3, -0.25) is 4.79 Å². The first-order valence-corrected chi connectivity index (χ1v) is 5.70. The highest BCUT2D eigenvalue weighted by Crippen LogP contribution is 2.38. The van der Waals surface area contributed by atoms with Crippen molar-refractivity contribution < 1.29 is 4.79 Å². The molecule has 0 bridgehead atoms. The third-order valence-electron chi connectivity index (χ3n) is 3.41. The molecule has 0 saturated heterocycles. The Labute approximate surface area is 89.7 Å². The molecule has 1 N–H and O–H groups in total. The van der Waals surface area contributed by atoms with Crippen LogP contribution < -0.4 is 5.32 Å². The third kappa shape index (κ3) is 1.65. The second kappa shape index (κ2) is 3.37. The summed E-state index contributed by atoms with van der Waals surface area (Å²) in [4.78, 5) is 12.0. The highest BCUT2D eigenvalue weighted by molar-refractivity contribution is 5.90. The third-order valence-corrected chi connectivity index (χ3v) is 3.41. The van der Waals surface area contributed by atoms with Gasteiger partial charge in [-0.15, -0.1) is 0 Å². The van der Waals surface area contributed by atoms with Gasteiger partial charge < -0.3 is 5.32 Å². The molecular formula is C13H15NO. The summed E-state index contributed by atoms with van der Waals surface area (Å²) >= 11 is 0. The second-order valence-corrected chi connectivity index (χ2v) is 4.63. The number of hydrogen-bond donors (Lipinski definition) is 1. The van der Waals surface area contributed by atoms with Crippen molar-refractivity contribution in [2.45, 2.75) is 25.2 Å². The Morgan fingerprint density at radius 3 is 2.93 bits per heavy atom. The minimum atomic E-state index is 0.113. The molecule has 78 valence electrons. The van der Waals surface area contributed by atoms with Gasteiger partial charge in [0.1, 0.15) is 5.78 Å². The lowest BCUT2D eigenvalue weighted by atomic mass is 9.94. The highest BCUT2D eigenvalue weighted by Gasteiger charge is 2.32. The van der Waals surface area contributed by atoms with Crippen molar-refractivity contribution in [2.75, 3.05) is 11.9 Å². The summed E-state index contributed by atoms with van der Waals surface area (Å²) in [5, 5.41) is 3.30. The van der Waals surface area contributed by atoms with E-state index < -0.39 is 0 Å². The summed E-state index contributed by atoms with van der Waals surface area (Å²) in [6, 6.07) is 8.16. The number of Topliss-reactive ketones (excluding diaryl/α,β-unsaturated/α-hetero) is 1. The van der Waals surface area contributed by atoms with Gasteiger partial charge in [-0.05, 0) is 30.4 Å². The Bertz CT molecular complexity index is 395. The maximum atomic E-state index is 12.0. The fraction of sp³-hybridized carbons (Fsp3) is 0.462. The summed E-state index contributed by atoms with van der Waals surface area (Å²) in [6.07, 6.45) is 3.31. The van der Waals surface area contributed by atoms with Crippen molar-refractivity contribution in [3.8, 4) is 0 Å². The molecule has 1 aromatic carbocycles. The Morgan fingerprint density at radius 1 is 1.33 bits per heavy atom. The monoisotopic (exact) mass is 201 g/mol. The van der Waals surface area contributed by atoms with Crippen LogP contribution >= 0.6 is 0 Å². The zero-order valence-electron chi connectivity index (χ0n) is 8.70. The Hall–Kier alpha value is -1.31. The molecule has 1 saturated carbocycles. The van der Waals surface area contributed by atoms with Crippen LogP contribution in [0.15, 0.2) is 24.3 Å². The number of anilines is 1. The molecule has 1 unspecified atom stereocenters. The number of ketones is 1. The Kier molecular flexibility index (Phi) is 2.01. The largest absolute Gasteiger partial charge is 0.384 e. The van der Waals surface area contributed by atoms with Gasteiger partial charge in [0.05, 0.1) is 5.92 Å². The lowest BCUT2D eigenvalue weighted by molar-refractivity contribution is -0.120. The first-order chi connectivity index (χ1) is 7.34. The maximum Gasteiger partial charge on any atom is 0.142 e. The van der Waals surface area contributed by atoms with Crippen molar-refractivity contribution in [2.24, 2.45) is 5.92 Å². The zero-order chi connectivity index (χ0) is 10.3. The van der Waals surface area contributed by atoms with Gasteiger partial charge in [-0.1, -0.05) is 18.2 Å². The fourth-order valence-corrected chi connectivity index (χ4v) is 2.32. The van der Waals surface area contributed by atoms with E-state index in [1.807, 2.05) is 12.1 Å². The predicted octanol–water partition coefficient (Wildman–Crippen LogP) is 2.56. The van der Waals surface area contributed by atoms with Crippen molar-refractivity contribution >= 4 is 11.5 Å². The van der Waals surface area contributed by atoms with Gasteiger partial charge in [0.2, 0.25) is 0 Å². The minimum absolute atomic E-state index is 0.113. The molecule has 0 spiro atoms. The average Bonchev–Trinajstić information content (AvgIpc) is 2.96. The Morgan fingerprint density at radius 2 is 2.13 bits per heavy atom. The van der Waals surface area contributed by atoms with Crippen LogP contribution in [0.4, 0.5) is 5.69 Å². The molecule has 0 amide bonds. The van der Waals surface area contributed by atoms with E-state index in [2.05, 4.69) is 17.4 Å². The number of carbonyl (C=O) groups is 1. The van der Waals surface area contributed by atoms with E-state index in [4.69, 9.17) is 0 Å². The van der Waals surface area contributed by atoms with E-state index in [1.165, 1.54) is 18.4 Å². The normalized spacial score (nSPS) is 23.3. The average molecular weight is 201 g/mol. The standard InChI is InChI=1S/C13H15NO/c15-13(7-9-5-6-9)11-8-14-12-4-2-1-3-10(11)12/h1-4,9,11,14H,5-8H2. The number of hydrogen-bond acceptors (Lipinski definition) is 2. The van der Waals surface area contributed by atoms with Crippen LogP contribution in [0, 0.1) is 5.92 Å². The number of para-hydroxylation sites is 1. The molecule has 2 heteroatoms. The van der Waals surface area contributed by atoms with E-state index in [0.717, 1.165) is 18.7 Å². The van der Waals surface area contributed by atoms with Crippen LogP contribution in [0.5, 0.6) is 0 Å². The van der Waals surface area contributed by atoms with Crippen LogP contribution in [0.3, 0.4) is 0 Å². The highest BCUT2D eigenvalue weighted by atomic mass is 16.1. The van der Waals surface area contributed by atoms with E-state index in [1.54, 1.807) is 0 Å². The summed E-state index contributed by atoms with van der Waals surface area (Å²) in [6.45, 7) is 0.797. The van der Waals surface area contributed by atoms with E-state index in [-0.39, 0.29) is 5.92 Å². The van der Waals surface area contributed by atoms with E-state index in [9.17, 15) is 4.79 Å². The second-order valence-electron chi connectivity index (χ2n) is 4.63. The zero-order valence-corrected chi connectivity index (χ0v) is 8.70. The van der Waals surface area contributed by atoms with Gasteiger partial charge >= 0.3 is 0 Å². The number of carbonyl (C=O) groups excluding carboxylic acids is 1. The van der Waals surface area contributed by atoms with Gasteiger partial charge in [-0.25, -0.2) is 0 Å². The molecule has 1 aliphatic heterocycles. The van der Waals surface area contributed by atoms with Crippen molar-refractivity contribution in [1.29, 1.82) is 0 Å². The smallest absolute Gasteiger partial charge is 0.142 e. The van der Waals surface area contributed by atoms with Crippen LogP contribution in [-0.2, 0) is 4.79 Å². The Balaban J connectivity index is 1.80. The fourth-order valence-electron chi connectivity index (χ4n) is 2.32. The van der Waals surface area contributed by atoms with Crippen LogP contribution in [0.2, 0.25) is 0 Å². The van der Waals surface area contributed by atoms with Crippen molar-refractivity contribution in [3.63, 3.8) is 0 Å². The topological polar surface area (TPSA) is 29.1 Å². The molecule has 15 heavy (non-hydrogen) atoms. The molecule has 0 radical (unpaired) electrons. The summed E-state index contributed by atoms with van der Waals surface area (Å²) < 4.78 is 0. The number of benzene rings is 1. The van der Waals surface area contributed by atoms with Gasteiger partial charge in [0.25, 0.3) is 0 Å². The molecule has 3 rings (SSSR count). The van der Waals surface area contributed by atoms with Crippen LogP contribution in [0.25, 0.3) is 0 Å². The summed E-state index contributed by atoms with van der Waals surface area (Å²) in [7, 11) is 0. The molecule has 2 nitrogen and oxygen atoms in total. The van der Waals surface area contributed by atoms with Gasteiger partial charge in [0, 0.05) is 18.7 Å². The summed E-state index contributed by atoms with van der Waals surface area (Å²) in [5.41, 5.74) is 2.34. The molecule has 1 heterocycles. The molecule has 2 aliphatic rings. The molecule has 1 fully saturated rings. The van der Waals surface area contributed by atoms with Crippen molar-refractivity contribution in [1.82, 2.24) is 0 Å². The SMILES string of the molecule is O=C(CC1CC1)C1CNc2ccccc21. The number of rotatable bonds is 3. The molecular weight excluding hydrogens is 186 g/mol. The van der Waals surface area contributed by atoms with E-state index >= 15 is 0 Å². The summed E-state index contributed by atoms with van der Waals surface area (Å²) in [5.74, 6) is 1.24. The van der Waals surface area contributed by atoms with Gasteiger partial charge in [-0.2, -0.15) is 0 Å². The number of nitrogens with one attached hydrogen (secondary N) is 1. The molecule has 1 aliphatic carbocycles. The van der Waals surface area contributed by atoms with Crippen LogP contribution in [0.1, 0.15) is 30.7 Å². The first kappa shape index (κ1) is 8.96. The van der Waals surface area contributed by atoms with Gasteiger partial charge in [0.15, 0.2) is 0 Å². The molecule has 0 aromatic heterocycles. The van der Waals surface area contributed by atoms with E-state index in [0.29, 0.717) is 11.7 Å². The lowest BCUT2D eigenvalue weighted by Gasteiger charge is -2.07. The molecule has 1 atom stereocenters. The maximum absolute atomic E-state index is 12.0. The predicted molar refractivity (Wildman–Crippen MR) is 60.0 cm³/mol. The number of fused-ring (bicyclic) bond motifs is 1. The van der Waals surface area contributed by atoms with Crippen molar-refractivity contribution in [3.05, 3.63) is 29.8 Å². The minimum Gasteiger partial charge on any atom is -0.384 e. The molecule has 1 aromatic rings. The van der Waals surface area contributed by atoms with Crippen LogP contribution in [-0.4, -0.2) is 12.3 Å².